The van der Waals surface area contributed by atoms with Crippen LogP contribution in [0.1, 0.15) is 44.9 Å². The third kappa shape index (κ3) is 4.21. The Kier molecular flexibility index (Phi) is 6.02. The van der Waals surface area contributed by atoms with Crippen LogP contribution in [0.4, 0.5) is 0 Å². The molecule has 0 heterocycles. The lowest BCUT2D eigenvalue weighted by Gasteiger charge is -2.16. The van der Waals surface area contributed by atoms with Crippen LogP contribution < -0.4 is 10.1 Å². The van der Waals surface area contributed by atoms with Crippen molar-refractivity contribution in [2.24, 2.45) is 0 Å². The van der Waals surface area contributed by atoms with Crippen LogP contribution in [-0.2, 0) is 15.6 Å². The van der Waals surface area contributed by atoms with Crippen LogP contribution in [0.5, 0.6) is 5.75 Å². The second-order valence-corrected chi connectivity index (χ2v) is 7.72. The molecule has 0 saturated carbocycles. The molecule has 0 aliphatic heterocycles. The van der Waals surface area contributed by atoms with Gasteiger partial charge in [-0.15, -0.1) is 0 Å². The molecular formula is C15H25NO3S. The first-order valence-corrected chi connectivity index (χ1v) is 8.67. The monoisotopic (exact) mass is 299 g/mol. The summed E-state index contributed by atoms with van der Waals surface area (Å²) in [7, 11) is -1.26. The molecule has 0 spiro atoms. The molecule has 0 bridgehead atoms. The van der Waals surface area contributed by atoms with E-state index in [9.17, 15) is 8.42 Å². The van der Waals surface area contributed by atoms with E-state index in [0.717, 1.165) is 11.1 Å². The zero-order chi connectivity index (χ0) is 15.3. The van der Waals surface area contributed by atoms with Crippen molar-refractivity contribution in [1.29, 1.82) is 0 Å². The number of rotatable bonds is 7. The molecule has 1 aromatic carbocycles. The highest BCUT2D eigenvalue weighted by Crippen LogP contribution is 2.26. The van der Waals surface area contributed by atoms with Crippen LogP contribution >= 0.6 is 0 Å². The number of hydrogen-bond donors (Lipinski definition) is 1. The summed E-state index contributed by atoms with van der Waals surface area (Å²) in [6, 6.07) is 5.92. The fraction of sp³-hybridized carbons (Fsp3) is 0.600. The van der Waals surface area contributed by atoms with E-state index in [2.05, 4.69) is 5.32 Å². The van der Waals surface area contributed by atoms with Crippen LogP contribution in [0.25, 0.3) is 0 Å². The van der Waals surface area contributed by atoms with Gasteiger partial charge in [-0.05, 0) is 52.4 Å². The predicted molar refractivity (Wildman–Crippen MR) is 82.8 cm³/mol. The summed E-state index contributed by atoms with van der Waals surface area (Å²) in [5.41, 5.74) is 1.80. The lowest BCUT2D eigenvalue weighted by molar-refractivity contribution is 0.337. The van der Waals surface area contributed by atoms with Gasteiger partial charge in [0.15, 0.2) is 9.84 Å². The van der Waals surface area contributed by atoms with Crippen molar-refractivity contribution < 1.29 is 13.2 Å². The second kappa shape index (κ2) is 7.09. The molecule has 0 fully saturated rings. The molecule has 0 aromatic heterocycles. The molecule has 114 valence electrons. The minimum atomic E-state index is -3.14. The molecule has 0 aliphatic carbocycles. The average Bonchev–Trinajstić information content (AvgIpc) is 2.39. The average molecular weight is 299 g/mol. The Labute approximate surface area is 122 Å². The summed E-state index contributed by atoms with van der Waals surface area (Å²) in [6.07, 6.45) is 0. The van der Waals surface area contributed by atoms with Crippen molar-refractivity contribution in [3.05, 3.63) is 29.3 Å². The Hall–Kier alpha value is -1.07. The third-order valence-corrected chi connectivity index (χ3v) is 5.54. The van der Waals surface area contributed by atoms with Crippen LogP contribution in [-0.4, -0.2) is 27.3 Å². The van der Waals surface area contributed by atoms with Crippen molar-refractivity contribution in [3.63, 3.8) is 0 Å². The standard InChI is InChI=1S/C15H25NO3S/c1-6-19-15-8-7-13(12(4)16-5)9-14(15)10-20(17,18)11(2)3/h7-9,11-12,16H,6,10H2,1-5H3. The fourth-order valence-corrected chi connectivity index (χ4v) is 2.82. The lowest BCUT2D eigenvalue weighted by Crippen LogP contribution is -2.17. The predicted octanol–water partition coefficient (Wildman–Crippen LogP) is 2.69. The second-order valence-electron chi connectivity index (χ2n) is 5.17. The maximum Gasteiger partial charge on any atom is 0.156 e. The molecule has 1 rings (SSSR count). The number of ether oxygens (including phenoxy) is 1. The maximum atomic E-state index is 12.1. The minimum Gasteiger partial charge on any atom is -0.494 e. The first kappa shape index (κ1) is 17.0. The van der Waals surface area contributed by atoms with Crippen LogP contribution in [0.15, 0.2) is 18.2 Å². The lowest BCUT2D eigenvalue weighted by atomic mass is 10.1. The molecule has 4 nitrogen and oxygen atoms in total. The molecule has 0 aliphatic rings. The topological polar surface area (TPSA) is 55.4 Å². The summed E-state index contributed by atoms with van der Waals surface area (Å²) in [5, 5.41) is 2.77. The van der Waals surface area contributed by atoms with Gasteiger partial charge in [0, 0.05) is 11.6 Å². The first-order chi connectivity index (χ1) is 9.31. The van der Waals surface area contributed by atoms with Gasteiger partial charge in [-0.3, -0.25) is 0 Å². The molecule has 1 unspecified atom stereocenters. The Morgan fingerprint density at radius 3 is 2.40 bits per heavy atom. The van der Waals surface area contributed by atoms with Gasteiger partial charge in [0.1, 0.15) is 5.75 Å². The molecule has 5 heteroatoms. The summed E-state index contributed by atoms with van der Waals surface area (Å²) in [5.74, 6) is 0.674. The van der Waals surface area contributed by atoms with Crippen molar-refractivity contribution in [1.82, 2.24) is 5.32 Å². The summed E-state index contributed by atoms with van der Waals surface area (Å²) < 4.78 is 29.8. The number of hydrogen-bond acceptors (Lipinski definition) is 4. The molecule has 0 radical (unpaired) electrons. The van der Waals surface area contributed by atoms with E-state index in [1.165, 1.54) is 0 Å². The van der Waals surface area contributed by atoms with Crippen molar-refractivity contribution in [3.8, 4) is 5.75 Å². The fourth-order valence-electron chi connectivity index (χ4n) is 1.83. The first-order valence-electron chi connectivity index (χ1n) is 6.96. The Morgan fingerprint density at radius 1 is 1.25 bits per heavy atom. The van der Waals surface area contributed by atoms with Gasteiger partial charge in [-0.25, -0.2) is 8.42 Å². The smallest absolute Gasteiger partial charge is 0.156 e. The molecular weight excluding hydrogens is 274 g/mol. The third-order valence-electron chi connectivity index (χ3n) is 3.39. The molecule has 0 saturated heterocycles. The Morgan fingerprint density at radius 2 is 1.90 bits per heavy atom. The van der Waals surface area contributed by atoms with Crippen molar-refractivity contribution in [2.45, 2.75) is 44.7 Å². The summed E-state index contributed by atoms with van der Waals surface area (Å²) >= 11 is 0. The van der Waals surface area contributed by atoms with E-state index >= 15 is 0 Å². The van der Waals surface area contributed by atoms with Crippen molar-refractivity contribution >= 4 is 9.84 Å². The zero-order valence-corrected chi connectivity index (χ0v) is 13.8. The van der Waals surface area contributed by atoms with E-state index in [4.69, 9.17) is 4.74 Å². The van der Waals surface area contributed by atoms with Crippen LogP contribution in [0.2, 0.25) is 0 Å². The van der Waals surface area contributed by atoms with Crippen LogP contribution in [0, 0.1) is 0 Å². The molecule has 1 aromatic rings. The molecule has 1 atom stereocenters. The zero-order valence-electron chi connectivity index (χ0n) is 12.9. The van der Waals surface area contributed by atoms with Gasteiger partial charge in [0.05, 0.1) is 17.6 Å². The molecule has 20 heavy (non-hydrogen) atoms. The quantitative estimate of drug-likeness (QED) is 0.841. The molecule has 1 N–H and O–H groups in total. The highest BCUT2D eigenvalue weighted by molar-refractivity contribution is 7.91. The summed E-state index contributed by atoms with van der Waals surface area (Å²) in [4.78, 5) is 0. The van der Waals surface area contributed by atoms with E-state index in [1.54, 1.807) is 13.8 Å². The van der Waals surface area contributed by atoms with E-state index in [1.807, 2.05) is 39.1 Å². The maximum absolute atomic E-state index is 12.1. The van der Waals surface area contributed by atoms with Gasteiger partial charge in [-0.2, -0.15) is 0 Å². The van der Waals surface area contributed by atoms with Gasteiger partial charge in [0.25, 0.3) is 0 Å². The van der Waals surface area contributed by atoms with E-state index in [-0.39, 0.29) is 17.0 Å². The summed E-state index contributed by atoms with van der Waals surface area (Å²) in [6.45, 7) is 7.86. The van der Waals surface area contributed by atoms with E-state index < -0.39 is 9.84 Å². The van der Waals surface area contributed by atoms with Gasteiger partial charge in [-0.1, -0.05) is 6.07 Å². The number of benzene rings is 1. The normalized spacial score (nSPS) is 13.5. The molecule has 0 amide bonds. The largest absolute Gasteiger partial charge is 0.494 e. The Balaban J connectivity index is 3.18. The SMILES string of the molecule is CCOc1ccc(C(C)NC)cc1CS(=O)(=O)C(C)C. The van der Waals surface area contributed by atoms with Gasteiger partial charge in [0.2, 0.25) is 0 Å². The number of nitrogens with one attached hydrogen (secondary N) is 1. The Bertz CT molecular complexity index is 538. The van der Waals surface area contributed by atoms with Gasteiger partial charge < -0.3 is 10.1 Å². The van der Waals surface area contributed by atoms with Crippen LogP contribution in [0.3, 0.4) is 0 Å². The highest BCUT2D eigenvalue weighted by atomic mass is 32.2. The van der Waals surface area contributed by atoms with Crippen molar-refractivity contribution in [2.75, 3.05) is 13.7 Å². The van der Waals surface area contributed by atoms with Gasteiger partial charge >= 0.3 is 0 Å². The minimum absolute atomic E-state index is 0.0181. The van der Waals surface area contributed by atoms with E-state index in [0.29, 0.717) is 12.4 Å². The number of sulfone groups is 1. The highest BCUT2D eigenvalue weighted by Gasteiger charge is 2.20.